The van der Waals surface area contributed by atoms with E-state index >= 15 is 0 Å². The fourth-order valence-corrected chi connectivity index (χ4v) is 11.1. The Balaban J connectivity index is 0.00000104. The highest BCUT2D eigenvalue weighted by Crippen LogP contribution is 2.41. The summed E-state index contributed by atoms with van der Waals surface area (Å²) in [7, 11) is 5.18. The minimum absolute atomic E-state index is 0. The number of unbranched alkanes of at least 4 members (excludes halogenated alkanes) is 14. The number of esters is 1. The predicted octanol–water partition coefficient (Wildman–Crippen LogP) is 7.29. The smallest absolute Gasteiger partial charge is 0.311 e. The molecular formula is C55H105NO16. The topological polar surface area (TPSA) is 263 Å². The van der Waals surface area contributed by atoms with E-state index in [4.69, 9.17) is 33.5 Å². The molecule has 3 heterocycles. The molecule has 0 spiro atoms. The number of methoxy groups -OCH3 is 1. The average Bonchev–Trinajstić information content (AvgIpc) is 3.31. The van der Waals surface area contributed by atoms with E-state index in [1.807, 2.05) is 25.9 Å². The lowest BCUT2D eigenvalue weighted by Crippen LogP contribution is -2.61. The van der Waals surface area contributed by atoms with E-state index in [0.29, 0.717) is 12.8 Å². The van der Waals surface area contributed by atoms with Crippen molar-refractivity contribution in [3.63, 3.8) is 0 Å². The summed E-state index contributed by atoms with van der Waals surface area (Å²) in [5.41, 5.74) is -4.84. The fraction of sp³-hybridized carbons (Fsp3) is 0.945. The molecule has 0 aromatic carbocycles. The number of nitrogens with zero attached hydrogens (tertiary/aromatic N) is 1. The number of aliphatic carboxylic acids is 1. The predicted molar refractivity (Wildman–Crippen MR) is 277 cm³/mol. The molecule has 0 amide bonds. The first-order valence-corrected chi connectivity index (χ1v) is 27.5. The maximum atomic E-state index is 14.1. The number of carboxylic acid groups (broad SMARTS) is 1. The van der Waals surface area contributed by atoms with E-state index in [1.165, 1.54) is 111 Å². The molecule has 3 saturated heterocycles. The molecule has 0 aromatic heterocycles. The maximum Gasteiger partial charge on any atom is 0.311 e. The molecule has 3 rings (SSSR count). The number of cyclic esters (lactones) is 1. The summed E-state index contributed by atoms with van der Waals surface area (Å²) in [5.74, 6) is -5.63. The zero-order valence-electron chi connectivity index (χ0n) is 47.1. The molecule has 17 heteroatoms. The van der Waals surface area contributed by atoms with Gasteiger partial charge in [0.15, 0.2) is 12.6 Å². The van der Waals surface area contributed by atoms with Crippen LogP contribution >= 0.6 is 0 Å². The first kappa shape index (κ1) is 68.1. The van der Waals surface area contributed by atoms with Gasteiger partial charge in [0.2, 0.25) is 0 Å². The van der Waals surface area contributed by atoms with E-state index in [9.17, 15) is 39.9 Å². The number of ketones is 1. The lowest BCUT2D eigenvalue weighted by Gasteiger charge is -2.49. The first-order chi connectivity index (χ1) is 33.2. The SMILES string of the molecule is CCCCCCCCCCCCCCCCCC(=O)O.CC[C@H]1OC(=O)[C@H](C)[C@@H](OC2C[C@@](C)(OC)[C@@H](O)[C@H](C)O2)[C@H](C)[C@H](OC2O[C@H](C)C[C@H](N(C)C)[C@H]2O)[C@](C)(O)C[C@@H](C)C(=O)[C@H](C)[C@@H](O)[C@]1(C)O.O. The van der Waals surface area contributed by atoms with Gasteiger partial charge in [0.05, 0.1) is 47.6 Å². The monoisotopic (exact) mass is 1040 g/mol. The minimum Gasteiger partial charge on any atom is -0.481 e. The Bertz CT molecular complexity index is 1530. The van der Waals surface area contributed by atoms with E-state index in [0.717, 1.165) is 12.8 Å². The van der Waals surface area contributed by atoms with E-state index in [-0.39, 0.29) is 36.9 Å². The van der Waals surface area contributed by atoms with Gasteiger partial charge < -0.3 is 69.4 Å². The van der Waals surface area contributed by atoms with Crippen LogP contribution < -0.4 is 0 Å². The van der Waals surface area contributed by atoms with Gasteiger partial charge in [-0.05, 0) is 81.3 Å². The van der Waals surface area contributed by atoms with Crippen LogP contribution in [0.3, 0.4) is 0 Å². The molecule has 3 aliphatic heterocycles. The van der Waals surface area contributed by atoms with Crippen LogP contribution in [-0.4, -0.2) is 164 Å². The summed E-state index contributed by atoms with van der Waals surface area (Å²) in [6.07, 6.45) is 10.5. The number of carbonyl (C=O) groups is 3. The standard InChI is InChI=1S/C37H67NO13.C18H36O2.H2O/c1-14-25-37(10,45)30(41)20(4)27(39)18(2)16-35(8,44)32(51-34-28(40)24(38(11)12)15-19(3)47-34)21(5)29(22(6)33(43)49-25)50-26-17-36(9,46-13)31(42)23(7)48-26;1-2-3-4-5-6-7-8-9-10-11-12-13-14-15-16-17-18(19)20;/h18-26,28-32,34,40-42,44-45H,14-17H2,1-13H3;2-17H2,1H3,(H,19,20);1H2/t18-,19-,20+,21+,22-,23+,24+,25-,26?,28-,29+,30-,31+,32+,34?,35-,36-,37-;;/m1../s1. The van der Waals surface area contributed by atoms with Crippen molar-refractivity contribution in [3.05, 3.63) is 0 Å². The van der Waals surface area contributed by atoms with Crippen LogP contribution in [0.2, 0.25) is 0 Å². The van der Waals surface area contributed by atoms with E-state index in [2.05, 4.69) is 6.92 Å². The van der Waals surface area contributed by atoms with Crippen LogP contribution in [0.25, 0.3) is 0 Å². The number of carbonyl (C=O) groups excluding carboxylic acids is 2. The van der Waals surface area contributed by atoms with Crippen LogP contribution in [-0.2, 0) is 42.8 Å². The highest BCUT2D eigenvalue weighted by molar-refractivity contribution is 5.83. The zero-order chi connectivity index (χ0) is 53.9. The van der Waals surface area contributed by atoms with Crippen LogP contribution in [0.5, 0.6) is 0 Å². The number of hydrogen-bond acceptors (Lipinski definition) is 15. The van der Waals surface area contributed by atoms with Gasteiger partial charge in [-0.25, -0.2) is 0 Å². The quantitative estimate of drug-likeness (QED) is 0.0433. The number of ether oxygens (including phenoxy) is 6. The summed E-state index contributed by atoms with van der Waals surface area (Å²) in [4.78, 5) is 40.1. The zero-order valence-corrected chi connectivity index (χ0v) is 47.1. The second-order valence-electron chi connectivity index (χ2n) is 22.6. The summed E-state index contributed by atoms with van der Waals surface area (Å²) in [5, 5.41) is 66.1. The third kappa shape index (κ3) is 20.6. The summed E-state index contributed by atoms with van der Waals surface area (Å²) >= 11 is 0. The second-order valence-corrected chi connectivity index (χ2v) is 22.6. The number of Topliss-reactive ketones (excluding diaryl/α,β-unsaturated/α-hetero) is 1. The van der Waals surface area contributed by atoms with Gasteiger partial charge in [-0.3, -0.25) is 14.4 Å². The van der Waals surface area contributed by atoms with Crippen LogP contribution in [0.1, 0.15) is 205 Å². The Morgan fingerprint density at radius 1 is 0.736 bits per heavy atom. The summed E-state index contributed by atoms with van der Waals surface area (Å²) < 4.78 is 37.1. The van der Waals surface area contributed by atoms with Crippen LogP contribution in [0, 0.1) is 23.7 Å². The summed E-state index contributed by atoms with van der Waals surface area (Å²) in [6.45, 7) is 18.6. The Labute approximate surface area is 434 Å². The molecule has 18 atom stereocenters. The van der Waals surface area contributed by atoms with Gasteiger partial charge in [0.25, 0.3) is 0 Å². The van der Waals surface area contributed by atoms with Gasteiger partial charge >= 0.3 is 11.9 Å². The Kier molecular flexibility index (Phi) is 30.9. The Hall–Kier alpha value is -1.87. The number of hydrogen-bond donors (Lipinski definition) is 6. The van der Waals surface area contributed by atoms with E-state index in [1.54, 1.807) is 41.5 Å². The number of carboxylic acids is 1. The lowest BCUT2D eigenvalue weighted by atomic mass is 9.74. The van der Waals surface area contributed by atoms with E-state index < -0.39 is 114 Å². The number of likely N-dealkylation sites (N-methyl/N-ethyl adjacent to an activating group) is 1. The molecule has 0 aliphatic carbocycles. The lowest BCUT2D eigenvalue weighted by molar-refractivity contribution is -0.318. The molecule has 2 unspecified atom stereocenters. The maximum absolute atomic E-state index is 14.1. The molecular weight excluding hydrogens is 931 g/mol. The van der Waals surface area contributed by atoms with Crippen LogP contribution in [0.4, 0.5) is 0 Å². The highest BCUT2D eigenvalue weighted by Gasteiger charge is 2.53. The van der Waals surface area contributed by atoms with Gasteiger partial charge in [-0.2, -0.15) is 0 Å². The normalized spacial score (nSPS) is 38.2. The Morgan fingerprint density at radius 3 is 1.72 bits per heavy atom. The molecule has 0 radical (unpaired) electrons. The molecule has 3 fully saturated rings. The number of aliphatic hydroxyl groups is 5. The fourth-order valence-electron chi connectivity index (χ4n) is 11.1. The highest BCUT2D eigenvalue weighted by atomic mass is 16.7. The van der Waals surface area contributed by atoms with Crippen molar-refractivity contribution in [2.45, 2.75) is 289 Å². The minimum atomic E-state index is -1.99. The second kappa shape index (κ2) is 32.7. The van der Waals surface area contributed by atoms with Crippen molar-refractivity contribution in [1.82, 2.24) is 4.90 Å². The molecule has 72 heavy (non-hydrogen) atoms. The van der Waals surface area contributed by atoms with Crippen molar-refractivity contribution in [2.75, 3.05) is 21.2 Å². The largest absolute Gasteiger partial charge is 0.481 e. The van der Waals surface area contributed by atoms with Crippen molar-refractivity contribution >= 4 is 17.7 Å². The molecule has 8 N–H and O–H groups in total. The van der Waals surface area contributed by atoms with Gasteiger partial charge in [0.1, 0.15) is 29.7 Å². The Morgan fingerprint density at radius 2 is 1.25 bits per heavy atom. The first-order valence-electron chi connectivity index (χ1n) is 27.5. The van der Waals surface area contributed by atoms with Crippen molar-refractivity contribution in [2.24, 2.45) is 23.7 Å². The van der Waals surface area contributed by atoms with Crippen molar-refractivity contribution < 1.29 is 78.9 Å². The molecule has 0 bridgehead atoms. The third-order valence-corrected chi connectivity index (χ3v) is 15.8. The van der Waals surface area contributed by atoms with Gasteiger partial charge in [0, 0.05) is 43.7 Å². The molecule has 17 nitrogen and oxygen atoms in total. The van der Waals surface area contributed by atoms with Gasteiger partial charge in [-0.15, -0.1) is 0 Å². The van der Waals surface area contributed by atoms with Crippen LogP contribution in [0.15, 0.2) is 0 Å². The molecule has 426 valence electrons. The molecule has 0 saturated carbocycles. The average molecular weight is 1040 g/mol. The third-order valence-electron chi connectivity index (χ3n) is 15.8. The summed E-state index contributed by atoms with van der Waals surface area (Å²) in [6, 6.07) is -0.324. The van der Waals surface area contributed by atoms with Crippen molar-refractivity contribution in [1.29, 1.82) is 0 Å². The number of rotatable bonds is 23. The number of aliphatic hydroxyl groups excluding tert-OH is 3. The van der Waals surface area contributed by atoms with Crippen molar-refractivity contribution in [3.8, 4) is 0 Å². The molecule has 0 aromatic rings. The van der Waals surface area contributed by atoms with Gasteiger partial charge in [-0.1, -0.05) is 125 Å². The molecule has 3 aliphatic rings.